The summed E-state index contributed by atoms with van der Waals surface area (Å²) in [5, 5.41) is 3.04. The first-order valence-corrected chi connectivity index (χ1v) is 7.75. The van der Waals surface area contributed by atoms with Crippen LogP contribution in [0.3, 0.4) is 0 Å². The Kier molecular flexibility index (Phi) is 5.22. The van der Waals surface area contributed by atoms with Crippen LogP contribution in [0, 0.1) is 11.8 Å². The molecule has 1 saturated heterocycles. The normalized spacial score (nSPS) is 30.8. The van der Waals surface area contributed by atoms with Crippen molar-refractivity contribution in [1.29, 1.82) is 0 Å². The van der Waals surface area contributed by atoms with E-state index in [-0.39, 0.29) is 5.91 Å². The third-order valence-corrected chi connectivity index (χ3v) is 4.72. The summed E-state index contributed by atoms with van der Waals surface area (Å²) in [4.78, 5) is 12.1. The Morgan fingerprint density at radius 1 is 1.37 bits per heavy atom. The largest absolute Gasteiger partial charge is 0.381 e. The summed E-state index contributed by atoms with van der Waals surface area (Å²) in [5.74, 6) is 1.65. The Morgan fingerprint density at radius 2 is 2.11 bits per heavy atom. The van der Waals surface area contributed by atoms with Gasteiger partial charge in [0.05, 0.1) is 5.54 Å². The maximum Gasteiger partial charge on any atom is 0.240 e. The number of nitrogens with one attached hydrogen (secondary N) is 1. The van der Waals surface area contributed by atoms with Crippen LogP contribution in [0.25, 0.3) is 0 Å². The van der Waals surface area contributed by atoms with Crippen LogP contribution in [-0.4, -0.2) is 31.2 Å². The van der Waals surface area contributed by atoms with Crippen molar-refractivity contribution in [3.05, 3.63) is 0 Å². The first kappa shape index (κ1) is 14.8. The van der Waals surface area contributed by atoms with Gasteiger partial charge in [0.2, 0.25) is 5.91 Å². The zero-order valence-electron chi connectivity index (χ0n) is 12.1. The first-order valence-electron chi connectivity index (χ1n) is 7.75. The summed E-state index contributed by atoms with van der Waals surface area (Å²) in [6.07, 6.45) is 7.73. The fourth-order valence-electron chi connectivity index (χ4n) is 3.35. The molecule has 0 bridgehead atoms. The van der Waals surface area contributed by atoms with Crippen molar-refractivity contribution in [2.75, 3.05) is 19.8 Å². The number of ether oxygens (including phenoxy) is 1. The Morgan fingerprint density at radius 3 is 2.79 bits per heavy atom. The molecule has 2 unspecified atom stereocenters. The highest BCUT2D eigenvalue weighted by Crippen LogP contribution is 2.30. The van der Waals surface area contributed by atoms with Gasteiger partial charge >= 0.3 is 0 Å². The molecule has 0 aromatic heterocycles. The summed E-state index contributed by atoms with van der Waals surface area (Å²) < 4.78 is 5.27. The monoisotopic (exact) mass is 268 g/mol. The second-order valence-electron chi connectivity index (χ2n) is 6.45. The van der Waals surface area contributed by atoms with Gasteiger partial charge in [-0.25, -0.2) is 0 Å². The summed E-state index contributed by atoms with van der Waals surface area (Å²) >= 11 is 0. The standard InChI is InChI=1S/C15H28N2O2/c1-12-3-2-4-13(11-12)5-8-17-14(18)15(16)6-9-19-10-7-15/h12-13H,2-11,16H2,1H3,(H,17,18). The van der Waals surface area contributed by atoms with E-state index in [0.717, 1.165) is 24.8 Å². The zero-order chi connectivity index (χ0) is 13.7. The Balaban J connectivity index is 1.68. The van der Waals surface area contributed by atoms with Gasteiger partial charge < -0.3 is 15.8 Å². The highest BCUT2D eigenvalue weighted by atomic mass is 16.5. The average Bonchev–Trinajstić information content (AvgIpc) is 2.39. The fraction of sp³-hybridized carbons (Fsp3) is 0.933. The van der Waals surface area contributed by atoms with Crippen LogP contribution in [0.15, 0.2) is 0 Å². The predicted molar refractivity (Wildman–Crippen MR) is 75.7 cm³/mol. The number of hydrogen-bond donors (Lipinski definition) is 2. The Labute approximate surface area is 116 Å². The minimum absolute atomic E-state index is 0.0136. The molecule has 1 amide bonds. The molecule has 2 fully saturated rings. The van der Waals surface area contributed by atoms with Crippen LogP contribution in [-0.2, 0) is 9.53 Å². The molecule has 0 aromatic rings. The molecule has 1 aliphatic heterocycles. The van der Waals surface area contributed by atoms with E-state index in [9.17, 15) is 4.79 Å². The van der Waals surface area contributed by atoms with Gasteiger partial charge in [-0.15, -0.1) is 0 Å². The second-order valence-corrected chi connectivity index (χ2v) is 6.45. The van der Waals surface area contributed by atoms with Crippen LogP contribution in [0.2, 0.25) is 0 Å². The number of nitrogens with two attached hydrogens (primary N) is 1. The third kappa shape index (κ3) is 4.18. The molecule has 2 aliphatic rings. The Bertz CT molecular complexity index is 301. The number of carbonyl (C=O) groups is 1. The van der Waals surface area contributed by atoms with Crippen molar-refractivity contribution in [2.24, 2.45) is 17.6 Å². The lowest BCUT2D eigenvalue weighted by atomic mass is 9.81. The molecule has 2 atom stereocenters. The van der Waals surface area contributed by atoms with E-state index >= 15 is 0 Å². The molecule has 19 heavy (non-hydrogen) atoms. The quantitative estimate of drug-likeness (QED) is 0.817. The molecule has 1 saturated carbocycles. The molecule has 0 spiro atoms. The van der Waals surface area contributed by atoms with E-state index in [1.807, 2.05) is 0 Å². The summed E-state index contributed by atoms with van der Waals surface area (Å²) in [6.45, 7) is 4.31. The van der Waals surface area contributed by atoms with Gasteiger partial charge in [0.25, 0.3) is 0 Å². The van der Waals surface area contributed by atoms with Gasteiger partial charge in [-0.05, 0) is 37.5 Å². The first-order chi connectivity index (χ1) is 9.10. The number of carbonyl (C=O) groups excluding carboxylic acids is 1. The molecule has 0 aromatic carbocycles. The maximum atomic E-state index is 12.1. The molecule has 0 radical (unpaired) electrons. The lowest BCUT2D eigenvalue weighted by molar-refractivity contribution is -0.129. The molecule has 1 heterocycles. The van der Waals surface area contributed by atoms with Crippen molar-refractivity contribution < 1.29 is 9.53 Å². The summed E-state index contributed by atoms with van der Waals surface area (Å²) in [7, 11) is 0. The molecule has 4 nitrogen and oxygen atoms in total. The highest BCUT2D eigenvalue weighted by molar-refractivity contribution is 5.86. The minimum atomic E-state index is -0.696. The lowest BCUT2D eigenvalue weighted by Crippen LogP contribution is -2.57. The van der Waals surface area contributed by atoms with E-state index in [2.05, 4.69) is 12.2 Å². The molecule has 3 N–H and O–H groups in total. The molecule has 110 valence electrons. The topological polar surface area (TPSA) is 64.4 Å². The van der Waals surface area contributed by atoms with Crippen molar-refractivity contribution >= 4 is 5.91 Å². The van der Waals surface area contributed by atoms with E-state index in [1.165, 1.54) is 25.7 Å². The second kappa shape index (κ2) is 6.71. The van der Waals surface area contributed by atoms with Crippen LogP contribution in [0.5, 0.6) is 0 Å². The van der Waals surface area contributed by atoms with Crippen molar-refractivity contribution in [1.82, 2.24) is 5.32 Å². The summed E-state index contributed by atoms with van der Waals surface area (Å²) in [6, 6.07) is 0. The van der Waals surface area contributed by atoms with Gasteiger partial charge in [0.15, 0.2) is 0 Å². The van der Waals surface area contributed by atoms with Gasteiger partial charge in [0, 0.05) is 19.8 Å². The average molecular weight is 268 g/mol. The minimum Gasteiger partial charge on any atom is -0.381 e. The van der Waals surface area contributed by atoms with Crippen LogP contribution in [0.4, 0.5) is 0 Å². The van der Waals surface area contributed by atoms with Crippen LogP contribution < -0.4 is 11.1 Å². The van der Waals surface area contributed by atoms with E-state index in [4.69, 9.17) is 10.5 Å². The van der Waals surface area contributed by atoms with Crippen LogP contribution in [0.1, 0.15) is 51.9 Å². The molecule has 4 heteroatoms. The van der Waals surface area contributed by atoms with Crippen molar-refractivity contribution in [2.45, 2.75) is 57.4 Å². The molecule has 1 aliphatic carbocycles. The van der Waals surface area contributed by atoms with Gasteiger partial charge in [-0.1, -0.05) is 26.2 Å². The number of hydrogen-bond acceptors (Lipinski definition) is 3. The SMILES string of the molecule is CC1CCCC(CCNC(=O)C2(N)CCOCC2)C1. The molecule has 2 rings (SSSR count). The predicted octanol–water partition coefficient (Wildman–Crippen LogP) is 1.83. The van der Waals surface area contributed by atoms with Gasteiger partial charge in [-0.3, -0.25) is 4.79 Å². The van der Waals surface area contributed by atoms with Gasteiger partial charge in [0.1, 0.15) is 0 Å². The number of amides is 1. The maximum absolute atomic E-state index is 12.1. The smallest absolute Gasteiger partial charge is 0.240 e. The van der Waals surface area contributed by atoms with Crippen LogP contribution >= 0.6 is 0 Å². The van der Waals surface area contributed by atoms with Crippen molar-refractivity contribution in [3.63, 3.8) is 0 Å². The zero-order valence-corrected chi connectivity index (χ0v) is 12.1. The lowest BCUT2D eigenvalue weighted by Gasteiger charge is -2.32. The number of rotatable bonds is 4. The van der Waals surface area contributed by atoms with Gasteiger partial charge in [-0.2, -0.15) is 0 Å². The van der Waals surface area contributed by atoms with E-state index in [1.54, 1.807) is 0 Å². The summed E-state index contributed by atoms with van der Waals surface area (Å²) in [5.41, 5.74) is 5.46. The Hall–Kier alpha value is -0.610. The molecular formula is C15H28N2O2. The van der Waals surface area contributed by atoms with E-state index in [0.29, 0.717) is 26.1 Å². The fourth-order valence-corrected chi connectivity index (χ4v) is 3.35. The molecular weight excluding hydrogens is 240 g/mol. The van der Waals surface area contributed by atoms with E-state index < -0.39 is 5.54 Å². The van der Waals surface area contributed by atoms with Crippen molar-refractivity contribution in [3.8, 4) is 0 Å². The highest BCUT2D eigenvalue weighted by Gasteiger charge is 2.35. The third-order valence-electron chi connectivity index (χ3n) is 4.72.